The zero-order chi connectivity index (χ0) is 18.5. The number of nitrogens with one attached hydrogen (secondary N) is 3. The highest BCUT2D eigenvalue weighted by molar-refractivity contribution is 6.30. The number of anilines is 5. The molecule has 0 atom stereocenters. The fourth-order valence-electron chi connectivity index (χ4n) is 2.40. The van der Waals surface area contributed by atoms with Crippen molar-refractivity contribution in [2.45, 2.75) is 13.8 Å². The molecule has 0 aliphatic carbocycles. The Balaban J connectivity index is 1.79. The fraction of sp³-hybridized carbons (Fsp3) is 0.105. The molecule has 0 spiro atoms. The normalized spacial score (nSPS) is 10.3. The van der Waals surface area contributed by atoms with Crippen molar-refractivity contribution >= 4 is 46.2 Å². The maximum atomic E-state index is 11.2. The molecule has 3 rings (SSSR count). The van der Waals surface area contributed by atoms with Gasteiger partial charge in [-0.3, -0.25) is 4.79 Å². The van der Waals surface area contributed by atoms with Crippen molar-refractivity contribution in [2.24, 2.45) is 0 Å². The zero-order valence-electron chi connectivity index (χ0n) is 14.4. The Morgan fingerprint density at radius 2 is 1.50 bits per heavy atom. The average Bonchev–Trinajstić information content (AvgIpc) is 2.56. The molecule has 3 aromatic rings. The second-order valence-corrected chi connectivity index (χ2v) is 6.14. The number of nitrogens with zero attached hydrogens (tertiary/aromatic N) is 2. The van der Waals surface area contributed by atoms with Crippen LogP contribution in [0.15, 0.2) is 54.6 Å². The number of hydrogen-bond acceptors (Lipinski definition) is 5. The third kappa shape index (κ3) is 4.94. The minimum absolute atomic E-state index is 0.116. The van der Waals surface area contributed by atoms with Crippen LogP contribution in [0.4, 0.5) is 28.7 Å². The lowest BCUT2D eigenvalue weighted by molar-refractivity contribution is -0.114. The molecule has 132 valence electrons. The highest BCUT2D eigenvalue weighted by Crippen LogP contribution is 2.23. The van der Waals surface area contributed by atoms with Gasteiger partial charge in [0.25, 0.3) is 0 Å². The third-order valence-corrected chi connectivity index (χ3v) is 3.66. The molecule has 1 aromatic heterocycles. The molecular weight excluding hydrogens is 350 g/mol. The number of aryl methyl sites for hydroxylation is 1. The van der Waals surface area contributed by atoms with Gasteiger partial charge in [0.15, 0.2) is 0 Å². The summed E-state index contributed by atoms with van der Waals surface area (Å²) in [6.07, 6.45) is 0. The van der Waals surface area contributed by atoms with E-state index in [0.717, 1.165) is 11.4 Å². The lowest BCUT2D eigenvalue weighted by Gasteiger charge is -2.11. The predicted molar refractivity (Wildman–Crippen MR) is 106 cm³/mol. The number of rotatable bonds is 5. The van der Waals surface area contributed by atoms with Crippen molar-refractivity contribution < 1.29 is 4.79 Å². The van der Waals surface area contributed by atoms with Crippen molar-refractivity contribution in [2.75, 3.05) is 16.0 Å². The Hall–Kier alpha value is -3.12. The van der Waals surface area contributed by atoms with Gasteiger partial charge in [0.1, 0.15) is 17.5 Å². The topological polar surface area (TPSA) is 78.9 Å². The lowest BCUT2D eigenvalue weighted by atomic mass is 10.2. The summed E-state index contributed by atoms with van der Waals surface area (Å²) in [4.78, 5) is 20.0. The third-order valence-electron chi connectivity index (χ3n) is 3.41. The van der Waals surface area contributed by atoms with Crippen molar-refractivity contribution in [3.8, 4) is 0 Å². The average molecular weight is 368 g/mol. The summed E-state index contributed by atoms with van der Waals surface area (Å²) in [7, 11) is 0. The van der Waals surface area contributed by atoms with Gasteiger partial charge in [-0.2, -0.15) is 0 Å². The summed E-state index contributed by atoms with van der Waals surface area (Å²) >= 11 is 5.91. The Morgan fingerprint density at radius 1 is 0.885 bits per heavy atom. The van der Waals surface area contributed by atoms with Crippen LogP contribution in [0.5, 0.6) is 0 Å². The smallest absolute Gasteiger partial charge is 0.221 e. The minimum Gasteiger partial charge on any atom is -0.340 e. The summed E-state index contributed by atoms with van der Waals surface area (Å²) in [5.41, 5.74) is 2.41. The molecule has 7 heteroatoms. The van der Waals surface area contributed by atoms with Gasteiger partial charge in [0, 0.05) is 35.1 Å². The lowest BCUT2D eigenvalue weighted by Crippen LogP contribution is -2.06. The SMILES string of the molecule is CC(=O)Nc1cccc(Nc2cc(Nc3ccc(Cl)cc3)nc(C)n2)c1. The van der Waals surface area contributed by atoms with E-state index in [4.69, 9.17) is 11.6 Å². The molecule has 0 fully saturated rings. The van der Waals surface area contributed by atoms with Gasteiger partial charge in [-0.25, -0.2) is 9.97 Å². The highest BCUT2D eigenvalue weighted by Gasteiger charge is 2.05. The molecule has 0 bridgehead atoms. The summed E-state index contributed by atoms with van der Waals surface area (Å²) < 4.78 is 0. The summed E-state index contributed by atoms with van der Waals surface area (Å²) in [5, 5.41) is 9.89. The summed E-state index contributed by atoms with van der Waals surface area (Å²) in [6, 6.07) is 16.6. The molecule has 26 heavy (non-hydrogen) atoms. The molecule has 1 amide bonds. The van der Waals surface area contributed by atoms with Crippen LogP contribution < -0.4 is 16.0 Å². The quantitative estimate of drug-likeness (QED) is 0.598. The molecule has 0 unspecified atom stereocenters. The van der Waals surface area contributed by atoms with E-state index in [-0.39, 0.29) is 5.91 Å². The van der Waals surface area contributed by atoms with Crippen LogP contribution in [0.3, 0.4) is 0 Å². The van der Waals surface area contributed by atoms with Crippen LogP contribution in [0.2, 0.25) is 5.02 Å². The van der Waals surface area contributed by atoms with E-state index in [1.165, 1.54) is 6.92 Å². The van der Waals surface area contributed by atoms with E-state index in [1.807, 2.05) is 61.5 Å². The standard InChI is InChI=1S/C19H18ClN5O/c1-12-21-18(24-15-8-6-14(20)7-9-15)11-19(22-12)25-17-5-3-4-16(10-17)23-13(2)26/h3-11H,1-2H3,(H,23,26)(H2,21,22,24,25). The van der Waals surface area contributed by atoms with Gasteiger partial charge in [-0.05, 0) is 49.4 Å². The predicted octanol–water partition coefficient (Wildman–Crippen LogP) is 4.88. The first-order valence-corrected chi connectivity index (χ1v) is 8.39. The van der Waals surface area contributed by atoms with Crippen molar-refractivity contribution in [3.63, 3.8) is 0 Å². The van der Waals surface area contributed by atoms with Crippen LogP contribution in [0, 0.1) is 6.92 Å². The van der Waals surface area contributed by atoms with E-state index in [0.29, 0.717) is 28.2 Å². The largest absolute Gasteiger partial charge is 0.340 e. The first kappa shape index (κ1) is 17.7. The number of carbonyl (C=O) groups excluding carboxylic acids is 1. The van der Waals surface area contributed by atoms with E-state index < -0.39 is 0 Å². The molecule has 2 aromatic carbocycles. The van der Waals surface area contributed by atoms with Gasteiger partial charge in [-0.1, -0.05) is 17.7 Å². The van der Waals surface area contributed by atoms with Crippen molar-refractivity contribution in [1.29, 1.82) is 0 Å². The van der Waals surface area contributed by atoms with E-state index in [2.05, 4.69) is 25.9 Å². The first-order valence-electron chi connectivity index (χ1n) is 8.01. The molecule has 0 saturated carbocycles. The van der Waals surface area contributed by atoms with Crippen LogP contribution in [-0.4, -0.2) is 15.9 Å². The van der Waals surface area contributed by atoms with E-state index in [9.17, 15) is 4.79 Å². The van der Waals surface area contributed by atoms with Crippen molar-refractivity contribution in [3.05, 3.63) is 65.4 Å². The Kier molecular flexibility index (Phi) is 5.34. The monoisotopic (exact) mass is 367 g/mol. The second kappa shape index (κ2) is 7.84. The molecule has 0 saturated heterocycles. The van der Waals surface area contributed by atoms with Gasteiger partial charge in [0.2, 0.25) is 5.91 Å². The Bertz CT molecular complexity index is 927. The van der Waals surface area contributed by atoms with Gasteiger partial charge < -0.3 is 16.0 Å². The number of benzene rings is 2. The first-order chi connectivity index (χ1) is 12.5. The maximum Gasteiger partial charge on any atom is 0.221 e. The molecule has 6 nitrogen and oxygen atoms in total. The number of amides is 1. The molecule has 3 N–H and O–H groups in total. The van der Waals surface area contributed by atoms with E-state index >= 15 is 0 Å². The number of aromatic nitrogens is 2. The highest BCUT2D eigenvalue weighted by atomic mass is 35.5. The fourth-order valence-corrected chi connectivity index (χ4v) is 2.53. The van der Waals surface area contributed by atoms with E-state index in [1.54, 1.807) is 0 Å². The zero-order valence-corrected chi connectivity index (χ0v) is 15.1. The van der Waals surface area contributed by atoms with Gasteiger partial charge in [0.05, 0.1) is 0 Å². The van der Waals surface area contributed by atoms with Crippen LogP contribution in [0.25, 0.3) is 0 Å². The Morgan fingerprint density at radius 3 is 2.15 bits per heavy atom. The van der Waals surface area contributed by atoms with Crippen LogP contribution in [-0.2, 0) is 4.79 Å². The summed E-state index contributed by atoms with van der Waals surface area (Å²) in [5.74, 6) is 1.83. The second-order valence-electron chi connectivity index (χ2n) is 5.70. The molecule has 0 radical (unpaired) electrons. The van der Waals surface area contributed by atoms with Gasteiger partial charge >= 0.3 is 0 Å². The van der Waals surface area contributed by atoms with Crippen molar-refractivity contribution in [1.82, 2.24) is 9.97 Å². The minimum atomic E-state index is -0.116. The van der Waals surface area contributed by atoms with Crippen LogP contribution in [0.1, 0.15) is 12.7 Å². The van der Waals surface area contributed by atoms with Crippen LogP contribution >= 0.6 is 11.6 Å². The molecule has 0 aliphatic heterocycles. The number of hydrogen-bond donors (Lipinski definition) is 3. The number of carbonyl (C=O) groups is 1. The Labute approximate surface area is 156 Å². The maximum absolute atomic E-state index is 11.2. The number of halogens is 1. The molecule has 1 heterocycles. The molecular formula is C19H18ClN5O. The van der Waals surface area contributed by atoms with Gasteiger partial charge in [-0.15, -0.1) is 0 Å². The molecule has 0 aliphatic rings. The summed E-state index contributed by atoms with van der Waals surface area (Å²) in [6.45, 7) is 3.30.